The second-order valence-corrected chi connectivity index (χ2v) is 6.05. The third-order valence-corrected chi connectivity index (χ3v) is 3.86. The number of carbonyl (C=O) groups is 1. The van der Waals surface area contributed by atoms with Gasteiger partial charge in [0.15, 0.2) is 0 Å². The molecule has 0 aromatic heterocycles. The predicted molar refractivity (Wildman–Crippen MR) is 84.9 cm³/mol. The number of nitrogens with one attached hydrogen (secondary N) is 2. The summed E-state index contributed by atoms with van der Waals surface area (Å²) in [4.78, 5) is 11.9. The van der Waals surface area contributed by atoms with Crippen molar-refractivity contribution in [3.8, 4) is 0 Å². The predicted octanol–water partition coefficient (Wildman–Crippen LogP) is 2.99. The lowest BCUT2D eigenvalue weighted by Crippen LogP contribution is -2.40. The molecule has 0 saturated carbocycles. The Bertz CT molecular complexity index is 423. The van der Waals surface area contributed by atoms with Gasteiger partial charge in [-0.25, -0.2) is 4.79 Å². The van der Waals surface area contributed by atoms with Crippen LogP contribution < -0.4 is 10.6 Å². The summed E-state index contributed by atoms with van der Waals surface area (Å²) in [5.74, 6) is 0.783. The van der Waals surface area contributed by atoms with Gasteiger partial charge in [0.25, 0.3) is 0 Å². The van der Waals surface area contributed by atoms with Gasteiger partial charge >= 0.3 is 6.03 Å². The highest BCUT2D eigenvalue weighted by Crippen LogP contribution is 2.20. The molecule has 0 aliphatic heterocycles. The van der Waals surface area contributed by atoms with Crippen LogP contribution in [0.1, 0.15) is 12.0 Å². The molecule has 0 aliphatic carbocycles. The molecule has 0 radical (unpaired) electrons. The molecule has 1 aromatic carbocycles. The Balaban J connectivity index is 2.60. The quantitative estimate of drug-likeness (QED) is 0.741. The Morgan fingerprint density at radius 3 is 2.89 bits per heavy atom. The third-order valence-electron chi connectivity index (χ3n) is 2.63. The number of aliphatic hydroxyl groups excluding tert-OH is 1. The van der Waals surface area contributed by atoms with E-state index >= 15 is 0 Å². The van der Waals surface area contributed by atoms with E-state index in [0.717, 1.165) is 21.5 Å². The molecule has 2 amide bonds. The first kappa shape index (κ1) is 16.3. The molecule has 0 heterocycles. The van der Waals surface area contributed by atoms with E-state index in [2.05, 4.69) is 26.6 Å². The minimum absolute atomic E-state index is 0.0209. The van der Waals surface area contributed by atoms with E-state index in [0.29, 0.717) is 6.42 Å². The fraction of sp³-hybridized carbons (Fsp3) is 0.462. The van der Waals surface area contributed by atoms with E-state index in [1.54, 1.807) is 11.8 Å². The highest BCUT2D eigenvalue weighted by molar-refractivity contribution is 9.10. The van der Waals surface area contributed by atoms with Gasteiger partial charge < -0.3 is 15.7 Å². The summed E-state index contributed by atoms with van der Waals surface area (Å²) < 4.78 is 0.921. The van der Waals surface area contributed by atoms with Crippen LogP contribution in [-0.2, 0) is 0 Å². The number of rotatable bonds is 6. The summed E-state index contributed by atoms with van der Waals surface area (Å²) in [6, 6.07) is 5.47. The largest absolute Gasteiger partial charge is 0.396 e. The molecule has 19 heavy (non-hydrogen) atoms. The number of aliphatic hydroxyl groups is 1. The number of amides is 2. The first-order valence-corrected chi connectivity index (χ1v) is 8.19. The van der Waals surface area contributed by atoms with Crippen molar-refractivity contribution in [2.24, 2.45) is 0 Å². The molecule has 1 rings (SSSR count). The normalized spacial score (nSPS) is 12.0. The van der Waals surface area contributed by atoms with Crippen LogP contribution in [0.25, 0.3) is 0 Å². The van der Waals surface area contributed by atoms with Gasteiger partial charge in [0.2, 0.25) is 0 Å². The van der Waals surface area contributed by atoms with Gasteiger partial charge in [-0.05, 0) is 37.3 Å². The monoisotopic (exact) mass is 346 g/mol. The Labute approximate surface area is 126 Å². The fourth-order valence-corrected chi connectivity index (χ4v) is 2.64. The van der Waals surface area contributed by atoms with Crippen molar-refractivity contribution >= 4 is 39.4 Å². The first-order chi connectivity index (χ1) is 9.06. The molecule has 1 aromatic rings. The fourth-order valence-electron chi connectivity index (χ4n) is 1.63. The van der Waals surface area contributed by atoms with Gasteiger partial charge in [-0.3, -0.25) is 0 Å². The first-order valence-electron chi connectivity index (χ1n) is 6.00. The molecule has 4 nitrogen and oxygen atoms in total. The number of anilines is 1. The van der Waals surface area contributed by atoms with Crippen LogP contribution in [0.3, 0.4) is 0 Å². The number of urea groups is 1. The van der Waals surface area contributed by atoms with Crippen LogP contribution >= 0.6 is 27.7 Å². The summed E-state index contributed by atoms with van der Waals surface area (Å²) in [5, 5.41) is 14.7. The molecule has 3 N–H and O–H groups in total. The lowest BCUT2D eigenvalue weighted by Gasteiger charge is -2.17. The van der Waals surface area contributed by atoms with Crippen LogP contribution in [0.4, 0.5) is 10.5 Å². The number of carbonyl (C=O) groups excluding carboxylic acids is 1. The van der Waals surface area contributed by atoms with Crippen molar-refractivity contribution in [1.82, 2.24) is 5.32 Å². The summed E-state index contributed by atoms with van der Waals surface area (Å²) in [7, 11) is 0. The van der Waals surface area contributed by atoms with Crippen molar-refractivity contribution in [1.29, 1.82) is 0 Å². The minimum Gasteiger partial charge on any atom is -0.396 e. The topological polar surface area (TPSA) is 61.4 Å². The van der Waals surface area contributed by atoms with E-state index < -0.39 is 0 Å². The van der Waals surface area contributed by atoms with Crippen LogP contribution in [0, 0.1) is 6.92 Å². The molecule has 0 spiro atoms. The number of benzene rings is 1. The lowest BCUT2D eigenvalue weighted by atomic mass is 10.2. The lowest BCUT2D eigenvalue weighted by molar-refractivity contribution is 0.241. The summed E-state index contributed by atoms with van der Waals surface area (Å²) >= 11 is 5.02. The molecule has 6 heteroatoms. The van der Waals surface area contributed by atoms with Gasteiger partial charge in [0.05, 0.1) is 0 Å². The highest BCUT2D eigenvalue weighted by Gasteiger charge is 2.12. The van der Waals surface area contributed by atoms with E-state index in [9.17, 15) is 4.79 Å². The summed E-state index contributed by atoms with van der Waals surface area (Å²) in [6.07, 6.45) is 2.54. The number of hydrogen-bond donors (Lipinski definition) is 3. The molecule has 0 unspecified atom stereocenters. The van der Waals surface area contributed by atoms with Gasteiger partial charge in [0.1, 0.15) is 0 Å². The maximum absolute atomic E-state index is 11.9. The van der Waals surface area contributed by atoms with E-state index in [1.165, 1.54) is 0 Å². The van der Waals surface area contributed by atoms with Gasteiger partial charge in [0, 0.05) is 28.6 Å². The average molecular weight is 347 g/mol. The molecule has 0 bridgehead atoms. The molecule has 106 valence electrons. The van der Waals surface area contributed by atoms with Crippen molar-refractivity contribution in [2.75, 3.05) is 23.9 Å². The van der Waals surface area contributed by atoms with Crippen LogP contribution in [0.2, 0.25) is 0 Å². The van der Waals surface area contributed by atoms with Gasteiger partial charge in [-0.15, -0.1) is 0 Å². The Hall–Kier alpha value is -0.720. The van der Waals surface area contributed by atoms with Crippen molar-refractivity contribution in [3.05, 3.63) is 28.2 Å². The zero-order valence-corrected chi connectivity index (χ0v) is 13.5. The maximum Gasteiger partial charge on any atom is 0.319 e. The van der Waals surface area contributed by atoms with Gasteiger partial charge in [-0.2, -0.15) is 11.8 Å². The van der Waals surface area contributed by atoms with Crippen molar-refractivity contribution < 1.29 is 9.90 Å². The SMILES string of the molecule is CSC[C@@H](CCO)NC(=O)Nc1cc(Br)ccc1C. The van der Waals surface area contributed by atoms with Crippen LogP contribution in [0.15, 0.2) is 22.7 Å². The van der Waals surface area contributed by atoms with E-state index in [1.807, 2.05) is 31.4 Å². The smallest absolute Gasteiger partial charge is 0.319 e. The zero-order valence-electron chi connectivity index (χ0n) is 11.1. The minimum atomic E-state index is -0.242. The number of aryl methyl sites for hydroxylation is 1. The molecule has 0 aliphatic rings. The number of thioether (sulfide) groups is 1. The Morgan fingerprint density at radius 1 is 1.53 bits per heavy atom. The van der Waals surface area contributed by atoms with Crippen molar-refractivity contribution in [3.63, 3.8) is 0 Å². The zero-order chi connectivity index (χ0) is 14.3. The summed E-state index contributed by atoms with van der Waals surface area (Å²) in [5.41, 5.74) is 1.78. The second kappa shape index (κ2) is 8.45. The molecular weight excluding hydrogens is 328 g/mol. The summed E-state index contributed by atoms with van der Waals surface area (Å²) in [6.45, 7) is 2.01. The molecule has 0 fully saturated rings. The van der Waals surface area contributed by atoms with Gasteiger partial charge in [-0.1, -0.05) is 22.0 Å². The van der Waals surface area contributed by atoms with Crippen molar-refractivity contribution in [2.45, 2.75) is 19.4 Å². The second-order valence-electron chi connectivity index (χ2n) is 4.22. The maximum atomic E-state index is 11.9. The average Bonchev–Trinajstić information content (AvgIpc) is 2.34. The Morgan fingerprint density at radius 2 is 2.26 bits per heavy atom. The van der Waals surface area contributed by atoms with E-state index in [4.69, 9.17) is 5.11 Å². The van der Waals surface area contributed by atoms with Crippen LogP contribution in [0.5, 0.6) is 0 Å². The number of halogens is 1. The standard InChI is InChI=1S/C13H19BrN2O2S/c1-9-3-4-10(14)7-12(9)16-13(18)15-11(5-6-17)8-19-2/h3-4,7,11,17H,5-6,8H2,1-2H3,(H2,15,16,18)/t11-/m1/s1. The molecular formula is C13H19BrN2O2S. The Kier molecular flexibility index (Phi) is 7.27. The highest BCUT2D eigenvalue weighted by atomic mass is 79.9. The van der Waals surface area contributed by atoms with E-state index in [-0.39, 0.29) is 18.7 Å². The molecule has 0 saturated heterocycles. The third kappa shape index (κ3) is 5.84. The number of hydrogen-bond acceptors (Lipinski definition) is 3. The van der Waals surface area contributed by atoms with Crippen LogP contribution in [-0.4, -0.2) is 35.8 Å². The molecule has 1 atom stereocenters.